The van der Waals surface area contributed by atoms with Crippen molar-refractivity contribution in [2.24, 2.45) is 0 Å². The fourth-order valence-corrected chi connectivity index (χ4v) is 3.25. The van der Waals surface area contributed by atoms with E-state index in [1.54, 1.807) is 6.07 Å². The van der Waals surface area contributed by atoms with Gasteiger partial charge in [-0.3, -0.25) is 4.68 Å². The molecule has 1 aromatic carbocycles. The van der Waals surface area contributed by atoms with Gasteiger partial charge < -0.3 is 9.31 Å². The average molecular weight is 435 g/mol. The van der Waals surface area contributed by atoms with Crippen LogP contribution in [0.4, 0.5) is 0 Å². The Kier molecular flexibility index (Phi) is 6.25. The van der Waals surface area contributed by atoms with Crippen LogP contribution >= 0.6 is 23.2 Å². The van der Waals surface area contributed by atoms with E-state index in [4.69, 9.17) is 32.5 Å². The molecular weight excluding hydrogens is 410 g/mol. The van der Waals surface area contributed by atoms with Crippen LogP contribution in [-0.2, 0) is 9.31 Å². The largest absolute Gasteiger partial charge is 0.494 e. The van der Waals surface area contributed by atoms with Crippen LogP contribution < -0.4 is 5.46 Å². The molecule has 4 rings (SSSR count). The lowest BCUT2D eigenvalue weighted by atomic mass is 9.79. The van der Waals surface area contributed by atoms with E-state index in [0.717, 1.165) is 16.4 Å². The Morgan fingerprint density at radius 3 is 2.21 bits per heavy atom. The van der Waals surface area contributed by atoms with Crippen LogP contribution in [0.3, 0.4) is 0 Å². The summed E-state index contributed by atoms with van der Waals surface area (Å²) >= 11 is 10.7. The van der Waals surface area contributed by atoms with Crippen molar-refractivity contribution >= 4 is 46.7 Å². The number of rotatable bonds is 2. The van der Waals surface area contributed by atoms with Gasteiger partial charge in [-0.2, -0.15) is 5.10 Å². The predicted molar refractivity (Wildman–Crippen MR) is 118 cm³/mol. The van der Waals surface area contributed by atoms with E-state index in [1.165, 1.54) is 6.20 Å². The third kappa shape index (κ3) is 4.74. The van der Waals surface area contributed by atoms with Crippen LogP contribution in [0.25, 0.3) is 10.9 Å². The first-order chi connectivity index (χ1) is 13.5. The number of benzene rings is 1. The maximum atomic E-state index is 6.10. The Bertz CT molecular complexity index is 974. The molecule has 0 saturated carbocycles. The summed E-state index contributed by atoms with van der Waals surface area (Å²) in [5, 5.41) is 6.12. The van der Waals surface area contributed by atoms with Gasteiger partial charge in [0.05, 0.1) is 22.9 Å². The lowest BCUT2D eigenvalue weighted by molar-refractivity contribution is 0.00578. The summed E-state index contributed by atoms with van der Waals surface area (Å²) in [6.07, 6.45) is 3.40. The highest BCUT2D eigenvalue weighted by molar-refractivity contribution is 6.62. The number of aromatic nitrogens is 4. The highest BCUT2D eigenvalue weighted by Crippen LogP contribution is 2.36. The lowest BCUT2D eigenvalue weighted by Crippen LogP contribution is -2.41. The first kappa shape index (κ1) is 22.0. The van der Waals surface area contributed by atoms with E-state index in [0.29, 0.717) is 11.2 Å². The summed E-state index contributed by atoms with van der Waals surface area (Å²) in [4.78, 5) is 7.20. The smallest absolute Gasteiger partial charge is 0.399 e. The molecule has 3 heterocycles. The summed E-state index contributed by atoms with van der Waals surface area (Å²) in [7, 11) is -0.318. The zero-order valence-electron chi connectivity index (χ0n) is 17.5. The zero-order chi connectivity index (χ0) is 21.4. The number of fused-ring (bicyclic) bond motifs is 1. The summed E-state index contributed by atoms with van der Waals surface area (Å²) in [6.45, 7) is 12.6. The Balaban J connectivity index is 0.000000252. The maximum absolute atomic E-state index is 6.10. The quantitative estimate of drug-likeness (QED) is 0.332. The summed E-state index contributed by atoms with van der Waals surface area (Å²) in [6, 6.07) is 8.20. The molecule has 9 heteroatoms. The Labute approximate surface area is 181 Å². The molecule has 0 atom stereocenters. The van der Waals surface area contributed by atoms with E-state index < -0.39 is 0 Å². The monoisotopic (exact) mass is 434 g/mol. The topological polar surface area (TPSA) is 62.1 Å². The van der Waals surface area contributed by atoms with Gasteiger partial charge in [0.1, 0.15) is 5.15 Å². The third-order valence-electron chi connectivity index (χ3n) is 5.23. The summed E-state index contributed by atoms with van der Waals surface area (Å²) in [5.74, 6) is 0. The van der Waals surface area contributed by atoms with Crippen LogP contribution in [0, 0.1) is 0 Å². The standard InChI is InChI=1S/C16H23BN2O2.C4H2Cl2N2/c1-11(2)19-14-8-7-13(9-12(14)10-18-19)17-20-15(3,4)16(5,6)21-17;5-3-1-2-7-4(6)8-3/h7-11H,1-6H3;1-2H. The van der Waals surface area contributed by atoms with E-state index in [-0.39, 0.29) is 23.6 Å². The van der Waals surface area contributed by atoms with Crippen molar-refractivity contribution in [3.05, 3.63) is 47.1 Å². The minimum absolute atomic E-state index is 0.178. The summed E-state index contributed by atoms with van der Waals surface area (Å²) < 4.78 is 14.2. The minimum Gasteiger partial charge on any atom is -0.399 e. The van der Waals surface area contributed by atoms with Gasteiger partial charge in [0, 0.05) is 17.6 Å². The maximum Gasteiger partial charge on any atom is 0.494 e. The fourth-order valence-electron chi connectivity index (χ4n) is 2.92. The molecule has 0 spiro atoms. The molecule has 0 N–H and O–H groups in total. The molecule has 0 bridgehead atoms. The van der Waals surface area contributed by atoms with Crippen molar-refractivity contribution < 1.29 is 9.31 Å². The molecule has 1 aliphatic rings. The van der Waals surface area contributed by atoms with E-state index >= 15 is 0 Å². The molecule has 3 aromatic rings. The van der Waals surface area contributed by atoms with Gasteiger partial charge in [0.25, 0.3) is 0 Å². The van der Waals surface area contributed by atoms with Gasteiger partial charge in [0.15, 0.2) is 0 Å². The van der Waals surface area contributed by atoms with Gasteiger partial charge in [0.2, 0.25) is 5.28 Å². The molecular formula is C20H25BCl2N4O2. The molecule has 2 aromatic heterocycles. The number of halogens is 2. The van der Waals surface area contributed by atoms with Crippen molar-refractivity contribution in [2.75, 3.05) is 0 Å². The number of hydrogen-bond acceptors (Lipinski definition) is 5. The zero-order valence-corrected chi connectivity index (χ0v) is 19.0. The molecule has 29 heavy (non-hydrogen) atoms. The first-order valence-electron chi connectivity index (χ1n) is 9.47. The van der Waals surface area contributed by atoms with Crippen molar-refractivity contribution in [1.29, 1.82) is 0 Å². The summed E-state index contributed by atoms with van der Waals surface area (Å²) in [5.41, 5.74) is 1.57. The van der Waals surface area contributed by atoms with Crippen LogP contribution in [0.2, 0.25) is 10.4 Å². The van der Waals surface area contributed by atoms with Crippen LogP contribution in [0.1, 0.15) is 47.6 Å². The van der Waals surface area contributed by atoms with Crippen LogP contribution in [-0.4, -0.2) is 38.1 Å². The molecule has 1 fully saturated rings. The van der Waals surface area contributed by atoms with Crippen molar-refractivity contribution in [2.45, 2.75) is 58.8 Å². The van der Waals surface area contributed by atoms with Gasteiger partial charge in [-0.05, 0) is 70.7 Å². The predicted octanol–water partition coefficient (Wildman–Crippen LogP) is 4.70. The molecule has 0 unspecified atom stereocenters. The van der Waals surface area contributed by atoms with Crippen molar-refractivity contribution in [3.8, 4) is 0 Å². The Hall–Kier alpha value is -1.67. The molecule has 1 aliphatic heterocycles. The Morgan fingerprint density at radius 1 is 1.03 bits per heavy atom. The fraction of sp³-hybridized carbons (Fsp3) is 0.450. The molecule has 1 saturated heterocycles. The highest BCUT2D eigenvalue weighted by atomic mass is 35.5. The van der Waals surface area contributed by atoms with Gasteiger partial charge in [-0.1, -0.05) is 23.7 Å². The normalized spacial score (nSPS) is 17.5. The third-order valence-corrected chi connectivity index (χ3v) is 5.62. The highest BCUT2D eigenvalue weighted by Gasteiger charge is 2.51. The van der Waals surface area contributed by atoms with E-state index in [1.807, 2.05) is 10.9 Å². The average Bonchev–Trinajstić information content (AvgIpc) is 3.13. The first-order valence-corrected chi connectivity index (χ1v) is 10.2. The second-order valence-corrected chi connectivity index (χ2v) is 8.96. The lowest BCUT2D eigenvalue weighted by Gasteiger charge is -2.32. The molecule has 6 nitrogen and oxygen atoms in total. The molecule has 0 radical (unpaired) electrons. The SMILES string of the molecule is CC(C)n1ncc2cc(B3OC(C)(C)C(C)(C)O3)ccc21.Clc1ccnc(Cl)n1. The van der Waals surface area contributed by atoms with Gasteiger partial charge >= 0.3 is 7.12 Å². The Morgan fingerprint density at radius 2 is 1.69 bits per heavy atom. The number of nitrogens with zero attached hydrogens (tertiary/aromatic N) is 4. The van der Waals surface area contributed by atoms with Crippen LogP contribution in [0.15, 0.2) is 36.7 Å². The van der Waals surface area contributed by atoms with E-state index in [2.05, 4.69) is 74.8 Å². The van der Waals surface area contributed by atoms with Gasteiger partial charge in [-0.15, -0.1) is 0 Å². The second-order valence-electron chi connectivity index (χ2n) is 8.24. The van der Waals surface area contributed by atoms with Crippen molar-refractivity contribution in [3.63, 3.8) is 0 Å². The molecule has 154 valence electrons. The minimum atomic E-state index is -0.318. The van der Waals surface area contributed by atoms with E-state index in [9.17, 15) is 0 Å². The molecule has 0 amide bonds. The molecule has 0 aliphatic carbocycles. The van der Waals surface area contributed by atoms with Crippen LogP contribution in [0.5, 0.6) is 0 Å². The second kappa shape index (κ2) is 8.22. The number of hydrogen-bond donors (Lipinski definition) is 0. The van der Waals surface area contributed by atoms with Crippen molar-refractivity contribution in [1.82, 2.24) is 19.7 Å². The van der Waals surface area contributed by atoms with Gasteiger partial charge in [-0.25, -0.2) is 9.97 Å².